The Labute approximate surface area is 127 Å². The van der Waals surface area contributed by atoms with Gasteiger partial charge in [-0.05, 0) is 24.7 Å². The molecular formula is C14H18ClFN2O3. The van der Waals surface area contributed by atoms with Gasteiger partial charge in [-0.2, -0.15) is 0 Å². The molecule has 1 aromatic rings. The number of anilines is 1. The van der Waals surface area contributed by atoms with E-state index in [1.165, 1.54) is 12.1 Å². The molecule has 0 saturated heterocycles. The molecule has 1 amide bonds. The highest BCUT2D eigenvalue weighted by atomic mass is 35.5. The predicted molar refractivity (Wildman–Crippen MR) is 79.0 cm³/mol. The van der Waals surface area contributed by atoms with Gasteiger partial charge in [0, 0.05) is 6.54 Å². The van der Waals surface area contributed by atoms with Crippen LogP contribution in [0.1, 0.15) is 13.8 Å². The maximum Gasteiger partial charge on any atom is 0.307 e. The molecule has 0 spiro atoms. The van der Waals surface area contributed by atoms with Crippen LogP contribution in [-0.4, -0.2) is 41.5 Å². The van der Waals surface area contributed by atoms with E-state index in [0.29, 0.717) is 12.2 Å². The Bertz CT molecular complexity index is 525. The number of carbonyl (C=O) groups is 2. The third-order valence-electron chi connectivity index (χ3n) is 2.97. The van der Waals surface area contributed by atoms with Crippen LogP contribution in [0.3, 0.4) is 0 Å². The summed E-state index contributed by atoms with van der Waals surface area (Å²) in [6.07, 6.45) is 0. The van der Waals surface area contributed by atoms with Crippen molar-refractivity contribution >= 4 is 29.2 Å². The first-order chi connectivity index (χ1) is 9.83. The summed E-state index contributed by atoms with van der Waals surface area (Å²) in [6, 6.07) is 3.69. The molecule has 2 N–H and O–H groups in total. The fourth-order valence-electron chi connectivity index (χ4n) is 1.75. The lowest BCUT2D eigenvalue weighted by Crippen LogP contribution is -2.37. The van der Waals surface area contributed by atoms with E-state index < -0.39 is 17.7 Å². The van der Waals surface area contributed by atoms with Crippen molar-refractivity contribution in [3.8, 4) is 0 Å². The lowest BCUT2D eigenvalue weighted by molar-refractivity contribution is -0.142. The highest BCUT2D eigenvalue weighted by Crippen LogP contribution is 2.22. The van der Waals surface area contributed by atoms with E-state index in [4.69, 9.17) is 16.7 Å². The number of nitrogens with zero attached hydrogens (tertiary/aromatic N) is 1. The molecule has 0 aliphatic rings. The van der Waals surface area contributed by atoms with Crippen molar-refractivity contribution in [3.05, 3.63) is 29.0 Å². The quantitative estimate of drug-likeness (QED) is 0.810. The lowest BCUT2D eigenvalue weighted by Gasteiger charge is -2.21. The monoisotopic (exact) mass is 316 g/mol. The van der Waals surface area contributed by atoms with Crippen LogP contribution in [0, 0.1) is 11.7 Å². The van der Waals surface area contributed by atoms with Gasteiger partial charge in [-0.3, -0.25) is 14.5 Å². The van der Waals surface area contributed by atoms with E-state index in [1.54, 1.807) is 11.8 Å². The summed E-state index contributed by atoms with van der Waals surface area (Å²) in [5.74, 6) is -2.28. The van der Waals surface area contributed by atoms with E-state index in [2.05, 4.69) is 5.32 Å². The minimum atomic E-state index is -0.907. The fourth-order valence-corrected chi connectivity index (χ4v) is 1.97. The van der Waals surface area contributed by atoms with Crippen LogP contribution in [0.5, 0.6) is 0 Å². The number of carboxylic acid groups (broad SMARTS) is 1. The number of nitrogens with one attached hydrogen (secondary N) is 1. The summed E-state index contributed by atoms with van der Waals surface area (Å²) in [5.41, 5.74) is 0.324. The molecule has 0 aliphatic carbocycles. The molecule has 0 bridgehead atoms. The average Bonchev–Trinajstić information content (AvgIpc) is 2.40. The number of benzene rings is 1. The molecule has 1 rings (SSSR count). The van der Waals surface area contributed by atoms with Gasteiger partial charge in [0.1, 0.15) is 5.82 Å². The third-order valence-corrected chi connectivity index (χ3v) is 3.29. The zero-order chi connectivity index (χ0) is 16.0. The molecule has 7 heteroatoms. The van der Waals surface area contributed by atoms with Gasteiger partial charge in [-0.25, -0.2) is 4.39 Å². The van der Waals surface area contributed by atoms with Crippen LogP contribution in [-0.2, 0) is 9.59 Å². The first-order valence-corrected chi connectivity index (χ1v) is 6.91. The Kier molecular flexibility index (Phi) is 6.58. The van der Waals surface area contributed by atoms with Crippen LogP contribution in [0.2, 0.25) is 5.02 Å². The molecule has 0 saturated carbocycles. The first-order valence-electron chi connectivity index (χ1n) is 6.53. The van der Waals surface area contributed by atoms with Crippen LogP contribution in [0.25, 0.3) is 0 Å². The number of carboxylic acids is 1. The Morgan fingerprint density at radius 3 is 2.67 bits per heavy atom. The van der Waals surface area contributed by atoms with Gasteiger partial charge < -0.3 is 10.4 Å². The van der Waals surface area contributed by atoms with Crippen LogP contribution >= 0.6 is 11.6 Å². The number of halogens is 2. The molecule has 5 nitrogen and oxygen atoms in total. The highest BCUT2D eigenvalue weighted by Gasteiger charge is 2.17. The number of hydrogen-bond donors (Lipinski definition) is 2. The van der Waals surface area contributed by atoms with Gasteiger partial charge in [-0.1, -0.05) is 25.4 Å². The Morgan fingerprint density at radius 1 is 1.48 bits per heavy atom. The van der Waals surface area contributed by atoms with Gasteiger partial charge in [-0.15, -0.1) is 0 Å². The number of aliphatic carboxylic acids is 1. The molecule has 0 aromatic heterocycles. The molecule has 21 heavy (non-hydrogen) atoms. The Balaban J connectivity index is 2.60. The SMILES string of the molecule is CCN(CC(=O)Nc1ccc(F)cc1Cl)CC(C)C(=O)O. The maximum atomic E-state index is 12.9. The summed E-state index contributed by atoms with van der Waals surface area (Å²) in [6.45, 7) is 4.28. The number of rotatable bonds is 7. The van der Waals surface area contributed by atoms with Crippen molar-refractivity contribution in [1.82, 2.24) is 4.90 Å². The van der Waals surface area contributed by atoms with Crippen LogP contribution in [0.4, 0.5) is 10.1 Å². The maximum absolute atomic E-state index is 12.9. The summed E-state index contributed by atoms with van der Waals surface area (Å²) in [5, 5.41) is 11.6. The number of likely N-dealkylation sites (N-methyl/N-ethyl adjacent to an activating group) is 1. The van der Waals surface area contributed by atoms with Crippen molar-refractivity contribution in [2.45, 2.75) is 13.8 Å². The molecule has 1 unspecified atom stereocenters. The van der Waals surface area contributed by atoms with Gasteiger partial charge in [0.15, 0.2) is 0 Å². The molecule has 0 fully saturated rings. The minimum absolute atomic E-state index is 0.0435. The average molecular weight is 317 g/mol. The largest absolute Gasteiger partial charge is 0.481 e. The zero-order valence-corrected chi connectivity index (χ0v) is 12.7. The molecule has 1 atom stereocenters. The lowest BCUT2D eigenvalue weighted by atomic mass is 10.1. The Hall–Kier alpha value is -1.66. The standard InChI is InChI=1S/C14H18ClFN2O3/c1-3-18(7-9(2)14(20)21)8-13(19)17-12-5-4-10(16)6-11(12)15/h4-6,9H,3,7-8H2,1-2H3,(H,17,19)(H,20,21). The molecular weight excluding hydrogens is 299 g/mol. The number of carbonyl (C=O) groups excluding carboxylic acids is 1. The fraction of sp³-hybridized carbons (Fsp3) is 0.429. The van der Waals surface area contributed by atoms with Crippen molar-refractivity contribution in [2.24, 2.45) is 5.92 Å². The van der Waals surface area contributed by atoms with Crippen molar-refractivity contribution in [2.75, 3.05) is 25.0 Å². The number of amides is 1. The highest BCUT2D eigenvalue weighted by molar-refractivity contribution is 6.33. The summed E-state index contributed by atoms with van der Waals surface area (Å²) >= 11 is 5.82. The molecule has 0 aliphatic heterocycles. The molecule has 0 radical (unpaired) electrons. The molecule has 116 valence electrons. The third kappa shape index (κ3) is 5.69. The zero-order valence-electron chi connectivity index (χ0n) is 11.9. The second-order valence-electron chi connectivity index (χ2n) is 4.74. The molecule has 1 aromatic carbocycles. The van der Waals surface area contributed by atoms with E-state index >= 15 is 0 Å². The van der Waals surface area contributed by atoms with Crippen molar-refractivity contribution in [3.63, 3.8) is 0 Å². The number of hydrogen-bond acceptors (Lipinski definition) is 3. The van der Waals surface area contributed by atoms with E-state index in [0.717, 1.165) is 6.07 Å². The van der Waals surface area contributed by atoms with Crippen molar-refractivity contribution in [1.29, 1.82) is 0 Å². The topological polar surface area (TPSA) is 69.6 Å². The predicted octanol–water partition coefficient (Wildman–Crippen LogP) is 2.46. The van der Waals surface area contributed by atoms with Gasteiger partial charge in [0.2, 0.25) is 5.91 Å². The van der Waals surface area contributed by atoms with E-state index in [-0.39, 0.29) is 24.0 Å². The van der Waals surface area contributed by atoms with Crippen LogP contribution in [0.15, 0.2) is 18.2 Å². The van der Waals surface area contributed by atoms with Crippen molar-refractivity contribution < 1.29 is 19.1 Å². The minimum Gasteiger partial charge on any atom is -0.481 e. The second-order valence-corrected chi connectivity index (χ2v) is 5.15. The van der Waals surface area contributed by atoms with Crippen LogP contribution < -0.4 is 5.32 Å². The summed E-state index contributed by atoms with van der Waals surface area (Å²) in [4.78, 5) is 24.5. The smallest absolute Gasteiger partial charge is 0.307 e. The first kappa shape index (κ1) is 17.4. The van der Waals surface area contributed by atoms with Gasteiger partial charge in [0.05, 0.1) is 23.2 Å². The Morgan fingerprint density at radius 2 is 2.14 bits per heavy atom. The summed E-state index contributed by atoms with van der Waals surface area (Å²) in [7, 11) is 0. The second kappa shape index (κ2) is 7.95. The van der Waals surface area contributed by atoms with E-state index in [9.17, 15) is 14.0 Å². The van der Waals surface area contributed by atoms with Gasteiger partial charge in [0.25, 0.3) is 0 Å². The summed E-state index contributed by atoms with van der Waals surface area (Å²) < 4.78 is 12.9. The van der Waals surface area contributed by atoms with Gasteiger partial charge >= 0.3 is 5.97 Å². The molecule has 0 heterocycles. The van der Waals surface area contributed by atoms with E-state index in [1.807, 2.05) is 6.92 Å². The normalized spacial score (nSPS) is 12.2.